The van der Waals surface area contributed by atoms with Crippen molar-refractivity contribution < 1.29 is 0 Å². The summed E-state index contributed by atoms with van der Waals surface area (Å²) in [4.78, 5) is 2.62. The van der Waals surface area contributed by atoms with Gasteiger partial charge in [-0.2, -0.15) is 5.10 Å². The minimum atomic E-state index is 0.419. The number of nitrogens with one attached hydrogen (secondary N) is 1. The molecule has 2 unspecified atom stereocenters. The van der Waals surface area contributed by atoms with Crippen molar-refractivity contribution >= 4 is 0 Å². The van der Waals surface area contributed by atoms with Gasteiger partial charge >= 0.3 is 0 Å². The van der Waals surface area contributed by atoms with Gasteiger partial charge in [0.1, 0.15) is 0 Å². The first-order chi connectivity index (χ1) is 9.91. The first kappa shape index (κ1) is 16.5. The Bertz CT molecular complexity index is 458. The normalized spacial score (nSPS) is 21.2. The monoisotopic (exact) mass is 292 g/mol. The summed E-state index contributed by atoms with van der Waals surface area (Å²) >= 11 is 0. The van der Waals surface area contributed by atoms with Gasteiger partial charge in [0.25, 0.3) is 0 Å². The van der Waals surface area contributed by atoms with E-state index in [-0.39, 0.29) is 0 Å². The Morgan fingerprint density at radius 1 is 1.29 bits per heavy atom. The Hall–Kier alpha value is -0.870. The maximum absolute atomic E-state index is 4.59. The summed E-state index contributed by atoms with van der Waals surface area (Å²) in [5.74, 6) is 0. The van der Waals surface area contributed by atoms with E-state index >= 15 is 0 Å². The van der Waals surface area contributed by atoms with Crippen LogP contribution < -0.4 is 5.32 Å². The number of rotatable bonds is 5. The molecule has 0 saturated carbocycles. The molecule has 1 aliphatic rings. The van der Waals surface area contributed by atoms with Crippen molar-refractivity contribution in [3.05, 3.63) is 17.0 Å². The molecule has 0 radical (unpaired) electrons. The molecule has 4 nitrogen and oxygen atoms in total. The minimum absolute atomic E-state index is 0.419. The Balaban J connectivity index is 2.16. The molecule has 0 spiro atoms. The lowest BCUT2D eigenvalue weighted by Gasteiger charge is -2.37. The molecule has 1 saturated heterocycles. The molecule has 1 aromatic heterocycles. The zero-order chi connectivity index (χ0) is 15.6. The van der Waals surface area contributed by atoms with Crippen LogP contribution in [0.1, 0.15) is 63.0 Å². The van der Waals surface area contributed by atoms with Crippen molar-refractivity contribution in [2.45, 2.75) is 72.0 Å². The molecule has 2 atom stereocenters. The maximum atomic E-state index is 4.59. The van der Waals surface area contributed by atoms with Crippen LogP contribution in [0.4, 0.5) is 0 Å². The van der Waals surface area contributed by atoms with E-state index < -0.39 is 0 Å². The highest BCUT2D eigenvalue weighted by molar-refractivity contribution is 5.27. The molecule has 0 bridgehead atoms. The summed E-state index contributed by atoms with van der Waals surface area (Å²) in [6, 6.07) is 1.60. The minimum Gasteiger partial charge on any atom is -0.313 e. The van der Waals surface area contributed by atoms with E-state index in [2.05, 4.69) is 49.9 Å². The third-order valence-electron chi connectivity index (χ3n) is 4.99. The summed E-state index contributed by atoms with van der Waals surface area (Å²) in [6.45, 7) is 13.6. The average Bonchev–Trinajstić information content (AvgIpc) is 2.70. The molecule has 120 valence electrons. The van der Waals surface area contributed by atoms with Crippen molar-refractivity contribution in [2.75, 3.05) is 13.1 Å². The molecule has 4 heteroatoms. The number of aromatic nitrogens is 2. The van der Waals surface area contributed by atoms with Crippen LogP contribution in [0.15, 0.2) is 0 Å². The summed E-state index contributed by atoms with van der Waals surface area (Å²) < 4.78 is 2.01. The van der Waals surface area contributed by atoms with Crippen LogP contribution in [0, 0.1) is 13.8 Å². The fourth-order valence-electron chi connectivity index (χ4n) is 3.71. The lowest BCUT2D eigenvalue weighted by Crippen LogP contribution is -2.46. The average molecular weight is 292 g/mol. The highest BCUT2D eigenvalue weighted by atomic mass is 15.3. The van der Waals surface area contributed by atoms with Gasteiger partial charge in [0.2, 0.25) is 0 Å². The lowest BCUT2D eigenvalue weighted by molar-refractivity contribution is 0.137. The van der Waals surface area contributed by atoms with Crippen molar-refractivity contribution in [3.63, 3.8) is 0 Å². The van der Waals surface area contributed by atoms with Crippen LogP contribution in [-0.2, 0) is 7.05 Å². The van der Waals surface area contributed by atoms with Gasteiger partial charge in [-0.1, -0.05) is 6.42 Å². The van der Waals surface area contributed by atoms with Gasteiger partial charge in [-0.05, 0) is 54.0 Å². The van der Waals surface area contributed by atoms with Gasteiger partial charge in [-0.15, -0.1) is 0 Å². The van der Waals surface area contributed by atoms with Crippen LogP contribution in [0.5, 0.6) is 0 Å². The predicted octanol–water partition coefficient (Wildman–Crippen LogP) is 2.95. The standard InChI is InChI=1S/C17H32N4/c1-12(2)21(11-16-9-7-8-10-18-16)15(5)17-13(3)19-20(6)14(17)4/h12,15-16,18H,7-11H2,1-6H3. The number of aryl methyl sites for hydroxylation is 2. The first-order valence-electron chi connectivity index (χ1n) is 8.41. The summed E-state index contributed by atoms with van der Waals surface area (Å²) in [7, 11) is 2.04. The predicted molar refractivity (Wildman–Crippen MR) is 88.6 cm³/mol. The topological polar surface area (TPSA) is 33.1 Å². The van der Waals surface area contributed by atoms with Crippen LogP contribution in [0.2, 0.25) is 0 Å². The van der Waals surface area contributed by atoms with E-state index in [1.165, 1.54) is 42.8 Å². The van der Waals surface area contributed by atoms with Crippen LogP contribution >= 0.6 is 0 Å². The number of piperidine rings is 1. The van der Waals surface area contributed by atoms with E-state index in [0.717, 1.165) is 6.54 Å². The second kappa shape index (κ2) is 6.93. The molecule has 0 aliphatic carbocycles. The second-order valence-corrected chi connectivity index (χ2v) is 6.82. The smallest absolute Gasteiger partial charge is 0.0644 e. The third kappa shape index (κ3) is 3.67. The molecule has 0 amide bonds. The molecular formula is C17H32N4. The van der Waals surface area contributed by atoms with Crippen molar-refractivity contribution in [1.82, 2.24) is 20.0 Å². The van der Waals surface area contributed by atoms with E-state index in [9.17, 15) is 0 Å². The zero-order valence-corrected chi connectivity index (χ0v) is 14.6. The highest BCUT2D eigenvalue weighted by Gasteiger charge is 2.27. The van der Waals surface area contributed by atoms with Gasteiger partial charge in [0.15, 0.2) is 0 Å². The van der Waals surface area contributed by atoms with Crippen LogP contribution in [0.3, 0.4) is 0 Å². The van der Waals surface area contributed by atoms with Gasteiger partial charge in [0.05, 0.1) is 5.69 Å². The fraction of sp³-hybridized carbons (Fsp3) is 0.824. The molecule has 1 aliphatic heterocycles. The molecule has 0 aromatic carbocycles. The SMILES string of the molecule is Cc1nn(C)c(C)c1C(C)N(CC1CCCCN1)C(C)C. The van der Waals surface area contributed by atoms with E-state index in [1.807, 2.05) is 11.7 Å². The van der Waals surface area contributed by atoms with E-state index in [4.69, 9.17) is 0 Å². The second-order valence-electron chi connectivity index (χ2n) is 6.82. The molecular weight excluding hydrogens is 260 g/mol. The van der Waals surface area contributed by atoms with E-state index in [0.29, 0.717) is 18.1 Å². The van der Waals surface area contributed by atoms with Crippen LogP contribution in [-0.4, -0.2) is 39.9 Å². The Kier molecular flexibility index (Phi) is 5.44. The maximum Gasteiger partial charge on any atom is 0.0644 e. The molecule has 21 heavy (non-hydrogen) atoms. The summed E-state index contributed by atoms with van der Waals surface area (Å²) in [5, 5.41) is 8.28. The van der Waals surface area contributed by atoms with Crippen molar-refractivity contribution in [3.8, 4) is 0 Å². The summed E-state index contributed by atoms with van der Waals surface area (Å²) in [5.41, 5.74) is 3.87. The highest BCUT2D eigenvalue weighted by Crippen LogP contribution is 2.28. The lowest BCUT2D eigenvalue weighted by atomic mass is 9.99. The molecule has 1 aromatic rings. The Morgan fingerprint density at radius 3 is 2.48 bits per heavy atom. The quantitative estimate of drug-likeness (QED) is 0.906. The number of nitrogens with zero attached hydrogens (tertiary/aromatic N) is 3. The van der Waals surface area contributed by atoms with E-state index in [1.54, 1.807) is 0 Å². The largest absolute Gasteiger partial charge is 0.313 e. The van der Waals surface area contributed by atoms with Crippen molar-refractivity contribution in [2.24, 2.45) is 7.05 Å². The van der Waals surface area contributed by atoms with Gasteiger partial charge < -0.3 is 5.32 Å². The molecule has 2 rings (SSSR count). The Morgan fingerprint density at radius 2 is 2.00 bits per heavy atom. The van der Waals surface area contributed by atoms with Crippen molar-refractivity contribution in [1.29, 1.82) is 0 Å². The van der Waals surface area contributed by atoms with Gasteiger partial charge in [-0.3, -0.25) is 9.58 Å². The summed E-state index contributed by atoms with van der Waals surface area (Å²) in [6.07, 6.45) is 4.00. The number of hydrogen-bond acceptors (Lipinski definition) is 3. The zero-order valence-electron chi connectivity index (χ0n) is 14.6. The first-order valence-corrected chi connectivity index (χ1v) is 8.41. The van der Waals surface area contributed by atoms with Crippen LogP contribution in [0.25, 0.3) is 0 Å². The number of hydrogen-bond donors (Lipinski definition) is 1. The fourth-order valence-corrected chi connectivity index (χ4v) is 3.71. The van der Waals surface area contributed by atoms with Gasteiger partial charge in [0, 0.05) is 43.0 Å². The molecule has 2 heterocycles. The molecule has 1 N–H and O–H groups in total. The Labute approximate surface area is 129 Å². The van der Waals surface area contributed by atoms with Gasteiger partial charge in [-0.25, -0.2) is 0 Å². The third-order valence-corrected chi connectivity index (χ3v) is 4.99. The molecule has 1 fully saturated rings.